The van der Waals surface area contributed by atoms with Gasteiger partial charge in [0.15, 0.2) is 5.65 Å². The van der Waals surface area contributed by atoms with Crippen molar-refractivity contribution in [3.8, 4) is 33.9 Å². The van der Waals surface area contributed by atoms with Gasteiger partial charge >= 0.3 is 0 Å². The Kier molecular flexibility index (Phi) is 3.28. The van der Waals surface area contributed by atoms with Gasteiger partial charge in [-0.15, -0.1) is 0 Å². The zero-order chi connectivity index (χ0) is 16.5. The molecule has 0 amide bonds. The first-order chi connectivity index (χ1) is 11.7. The van der Waals surface area contributed by atoms with E-state index in [2.05, 4.69) is 19.9 Å². The van der Waals surface area contributed by atoms with Gasteiger partial charge in [0, 0.05) is 5.56 Å². The number of phenolic OH excluding ortho intramolecular Hbond substituents is 2. The number of rotatable bonds is 2. The summed E-state index contributed by atoms with van der Waals surface area (Å²) in [7, 11) is 0. The minimum atomic E-state index is 0.00867. The van der Waals surface area contributed by atoms with Crippen LogP contribution in [0, 0.1) is 0 Å². The Balaban J connectivity index is 2.01. The molecule has 2 N–H and O–H groups in total. The Hall–Kier alpha value is -3.54. The molecule has 4 rings (SSSR count). The fourth-order valence-electron chi connectivity index (χ4n) is 2.62. The molecule has 0 aliphatic rings. The van der Waals surface area contributed by atoms with Crippen LogP contribution in [0.2, 0.25) is 0 Å². The highest BCUT2D eigenvalue weighted by Gasteiger charge is 2.18. The maximum atomic E-state index is 10.4. The second kappa shape index (κ2) is 5.58. The standard InChI is InChI=1S/C18H12N4O2/c23-14-6-7-15(24)17(16(14)11-4-2-1-3-5-11)12-9-20-13-8-19-10-21-18(13)22-12/h1-10,23-24H. The van der Waals surface area contributed by atoms with E-state index in [9.17, 15) is 10.2 Å². The second-order valence-electron chi connectivity index (χ2n) is 5.21. The summed E-state index contributed by atoms with van der Waals surface area (Å²) in [5.74, 6) is 0.0629. The second-order valence-corrected chi connectivity index (χ2v) is 5.21. The molecule has 6 heteroatoms. The van der Waals surface area contributed by atoms with Gasteiger partial charge in [0.1, 0.15) is 23.3 Å². The molecule has 2 aromatic carbocycles. The van der Waals surface area contributed by atoms with E-state index in [0.29, 0.717) is 28.0 Å². The summed E-state index contributed by atoms with van der Waals surface area (Å²) in [6.45, 7) is 0. The molecular weight excluding hydrogens is 304 g/mol. The van der Waals surface area contributed by atoms with Crippen molar-refractivity contribution in [2.45, 2.75) is 0 Å². The van der Waals surface area contributed by atoms with Gasteiger partial charge in [-0.1, -0.05) is 30.3 Å². The largest absolute Gasteiger partial charge is 0.507 e. The van der Waals surface area contributed by atoms with E-state index in [-0.39, 0.29) is 11.5 Å². The highest BCUT2D eigenvalue weighted by atomic mass is 16.3. The Labute approximate surface area is 137 Å². The third-order valence-corrected chi connectivity index (χ3v) is 3.70. The number of aromatic nitrogens is 4. The van der Waals surface area contributed by atoms with E-state index >= 15 is 0 Å². The normalized spacial score (nSPS) is 10.8. The molecule has 0 saturated carbocycles. The molecular formula is C18H12N4O2. The molecule has 0 unspecified atom stereocenters. The molecule has 116 valence electrons. The quantitative estimate of drug-likeness (QED) is 0.552. The highest BCUT2D eigenvalue weighted by molar-refractivity contribution is 5.90. The molecule has 24 heavy (non-hydrogen) atoms. The Morgan fingerprint density at radius 1 is 0.750 bits per heavy atom. The summed E-state index contributed by atoms with van der Waals surface area (Å²) in [5, 5.41) is 20.7. The number of phenols is 2. The minimum Gasteiger partial charge on any atom is -0.507 e. The highest BCUT2D eigenvalue weighted by Crippen LogP contribution is 2.43. The first kappa shape index (κ1) is 14.1. The van der Waals surface area contributed by atoms with Gasteiger partial charge in [-0.05, 0) is 17.7 Å². The summed E-state index contributed by atoms with van der Waals surface area (Å²) >= 11 is 0. The molecule has 2 aromatic heterocycles. The number of nitrogens with zero attached hydrogens (tertiary/aromatic N) is 4. The van der Waals surface area contributed by atoms with Crippen molar-refractivity contribution in [1.29, 1.82) is 0 Å². The fraction of sp³-hybridized carbons (Fsp3) is 0. The predicted molar refractivity (Wildman–Crippen MR) is 89.3 cm³/mol. The van der Waals surface area contributed by atoms with E-state index in [0.717, 1.165) is 5.56 Å². The summed E-state index contributed by atoms with van der Waals surface area (Å²) < 4.78 is 0. The lowest BCUT2D eigenvalue weighted by Crippen LogP contribution is -1.94. The third-order valence-electron chi connectivity index (χ3n) is 3.70. The number of benzene rings is 2. The fourth-order valence-corrected chi connectivity index (χ4v) is 2.62. The molecule has 0 saturated heterocycles. The molecule has 0 aliphatic carbocycles. The molecule has 0 bridgehead atoms. The third kappa shape index (κ3) is 2.30. The Morgan fingerprint density at radius 3 is 2.29 bits per heavy atom. The minimum absolute atomic E-state index is 0.00867. The van der Waals surface area contributed by atoms with E-state index in [1.807, 2.05) is 30.3 Å². The van der Waals surface area contributed by atoms with Crippen LogP contribution in [0.4, 0.5) is 0 Å². The van der Waals surface area contributed by atoms with Crippen molar-refractivity contribution in [2.24, 2.45) is 0 Å². The van der Waals surface area contributed by atoms with Gasteiger partial charge < -0.3 is 10.2 Å². The molecule has 6 nitrogen and oxygen atoms in total. The topological polar surface area (TPSA) is 92.0 Å². The van der Waals surface area contributed by atoms with Crippen LogP contribution in [0.3, 0.4) is 0 Å². The van der Waals surface area contributed by atoms with Crippen molar-refractivity contribution >= 4 is 11.2 Å². The van der Waals surface area contributed by atoms with Crippen LogP contribution < -0.4 is 0 Å². The van der Waals surface area contributed by atoms with Crippen molar-refractivity contribution in [3.63, 3.8) is 0 Å². The lowest BCUT2D eigenvalue weighted by molar-refractivity contribution is 0.463. The molecule has 0 spiro atoms. The van der Waals surface area contributed by atoms with Gasteiger partial charge in [-0.25, -0.2) is 19.9 Å². The lowest BCUT2D eigenvalue weighted by atomic mass is 9.96. The average Bonchev–Trinajstić information content (AvgIpc) is 2.63. The molecule has 0 fully saturated rings. The van der Waals surface area contributed by atoms with E-state index < -0.39 is 0 Å². The maximum absolute atomic E-state index is 10.4. The van der Waals surface area contributed by atoms with E-state index in [1.165, 1.54) is 24.7 Å². The monoisotopic (exact) mass is 316 g/mol. The van der Waals surface area contributed by atoms with E-state index in [4.69, 9.17) is 0 Å². The van der Waals surface area contributed by atoms with Gasteiger partial charge in [0.05, 0.1) is 23.7 Å². The lowest BCUT2D eigenvalue weighted by Gasteiger charge is -2.13. The molecule has 0 radical (unpaired) electrons. The number of fused-ring (bicyclic) bond motifs is 1. The molecule has 0 aliphatic heterocycles. The van der Waals surface area contributed by atoms with Crippen LogP contribution in [0.25, 0.3) is 33.5 Å². The van der Waals surface area contributed by atoms with Gasteiger partial charge in [0.2, 0.25) is 0 Å². The molecule has 0 atom stereocenters. The predicted octanol–water partition coefficient (Wildman–Crippen LogP) is 3.17. The van der Waals surface area contributed by atoms with Crippen LogP contribution in [-0.4, -0.2) is 30.1 Å². The maximum Gasteiger partial charge on any atom is 0.181 e. The van der Waals surface area contributed by atoms with E-state index in [1.54, 1.807) is 6.20 Å². The zero-order valence-electron chi connectivity index (χ0n) is 12.5. The van der Waals surface area contributed by atoms with Crippen molar-refractivity contribution < 1.29 is 10.2 Å². The Bertz CT molecular complexity index is 1040. The van der Waals surface area contributed by atoms with Gasteiger partial charge in [-0.2, -0.15) is 0 Å². The first-order valence-corrected chi connectivity index (χ1v) is 7.27. The number of hydrogen-bond acceptors (Lipinski definition) is 6. The van der Waals surface area contributed by atoms with Crippen LogP contribution in [0.15, 0.2) is 61.2 Å². The average molecular weight is 316 g/mol. The number of hydrogen-bond donors (Lipinski definition) is 2. The number of aromatic hydroxyl groups is 2. The zero-order valence-corrected chi connectivity index (χ0v) is 12.5. The summed E-state index contributed by atoms with van der Waals surface area (Å²) in [6, 6.07) is 12.2. The van der Waals surface area contributed by atoms with Crippen LogP contribution in [0.5, 0.6) is 11.5 Å². The summed E-state index contributed by atoms with van der Waals surface area (Å²) in [4.78, 5) is 16.7. The first-order valence-electron chi connectivity index (χ1n) is 7.27. The van der Waals surface area contributed by atoms with Crippen molar-refractivity contribution in [3.05, 3.63) is 61.2 Å². The Morgan fingerprint density at radius 2 is 1.50 bits per heavy atom. The van der Waals surface area contributed by atoms with Crippen molar-refractivity contribution in [1.82, 2.24) is 19.9 Å². The van der Waals surface area contributed by atoms with Crippen LogP contribution >= 0.6 is 0 Å². The molecule has 4 aromatic rings. The van der Waals surface area contributed by atoms with Crippen LogP contribution in [0.1, 0.15) is 0 Å². The van der Waals surface area contributed by atoms with Gasteiger partial charge in [0.25, 0.3) is 0 Å². The smallest absolute Gasteiger partial charge is 0.181 e. The van der Waals surface area contributed by atoms with Crippen LogP contribution in [-0.2, 0) is 0 Å². The van der Waals surface area contributed by atoms with Crippen molar-refractivity contribution in [2.75, 3.05) is 0 Å². The SMILES string of the molecule is Oc1ccc(O)c(-c2cnc3cncnc3n2)c1-c1ccccc1. The van der Waals surface area contributed by atoms with Gasteiger partial charge in [-0.3, -0.25) is 0 Å². The summed E-state index contributed by atoms with van der Waals surface area (Å²) in [6.07, 6.45) is 4.49. The summed E-state index contributed by atoms with van der Waals surface area (Å²) in [5.41, 5.74) is 3.08. The molecule has 2 heterocycles.